The van der Waals surface area contributed by atoms with E-state index < -0.39 is 6.04 Å². The summed E-state index contributed by atoms with van der Waals surface area (Å²) in [6.45, 7) is 6.57. The number of piperidine rings is 1. The second-order valence-corrected chi connectivity index (χ2v) is 9.53. The summed E-state index contributed by atoms with van der Waals surface area (Å²) in [4.78, 5) is 35.9. The van der Waals surface area contributed by atoms with Gasteiger partial charge in [0, 0.05) is 30.1 Å². The molecule has 0 aliphatic carbocycles. The van der Waals surface area contributed by atoms with Crippen molar-refractivity contribution in [3.63, 3.8) is 0 Å². The Balaban J connectivity index is 1.37. The number of unbranched alkanes of at least 4 members (excludes halogenated alkanes) is 1. The highest BCUT2D eigenvalue weighted by molar-refractivity contribution is 6.02. The fourth-order valence-corrected chi connectivity index (χ4v) is 4.43. The van der Waals surface area contributed by atoms with Crippen LogP contribution in [0.3, 0.4) is 0 Å². The second-order valence-electron chi connectivity index (χ2n) is 9.53. The lowest BCUT2D eigenvalue weighted by atomic mass is 10.1. The van der Waals surface area contributed by atoms with Gasteiger partial charge in [0.1, 0.15) is 23.6 Å². The quantitative estimate of drug-likeness (QED) is 0.356. The average molecular weight is 508 g/mol. The first-order valence-corrected chi connectivity index (χ1v) is 13.1. The van der Waals surface area contributed by atoms with E-state index in [2.05, 4.69) is 39.5 Å². The van der Waals surface area contributed by atoms with Crippen molar-refractivity contribution in [3.8, 4) is 11.6 Å². The van der Waals surface area contributed by atoms with Gasteiger partial charge in [-0.15, -0.1) is 0 Å². The Kier molecular flexibility index (Phi) is 9.00. The van der Waals surface area contributed by atoms with E-state index in [4.69, 9.17) is 9.47 Å². The zero-order valence-corrected chi connectivity index (χ0v) is 21.9. The molecule has 1 unspecified atom stereocenters. The van der Waals surface area contributed by atoms with Crippen molar-refractivity contribution in [2.75, 3.05) is 32.1 Å². The first kappa shape index (κ1) is 26.5. The van der Waals surface area contributed by atoms with Gasteiger partial charge in [0.15, 0.2) is 0 Å². The molecule has 0 saturated carbocycles. The Morgan fingerprint density at radius 2 is 1.97 bits per heavy atom. The number of nitrogens with zero attached hydrogens (tertiary/aromatic N) is 2. The molecule has 3 heterocycles. The molecule has 0 spiro atoms. The molecular weight excluding hydrogens is 470 g/mol. The molecule has 1 atom stereocenters. The van der Waals surface area contributed by atoms with Crippen LogP contribution >= 0.6 is 0 Å². The molecule has 1 aromatic carbocycles. The number of aromatic nitrogens is 2. The summed E-state index contributed by atoms with van der Waals surface area (Å²) in [7, 11) is 2.11. The van der Waals surface area contributed by atoms with Crippen LogP contribution in [0.4, 0.5) is 5.69 Å². The van der Waals surface area contributed by atoms with Gasteiger partial charge >= 0.3 is 0 Å². The number of anilines is 1. The van der Waals surface area contributed by atoms with Crippen LogP contribution in [0.1, 0.15) is 56.4 Å². The van der Waals surface area contributed by atoms with Crippen LogP contribution in [-0.4, -0.2) is 65.6 Å². The summed E-state index contributed by atoms with van der Waals surface area (Å²) < 4.78 is 11.5. The fourth-order valence-electron chi connectivity index (χ4n) is 4.43. The summed E-state index contributed by atoms with van der Waals surface area (Å²) in [6.07, 6.45) is 5.95. The van der Waals surface area contributed by atoms with Crippen molar-refractivity contribution in [3.05, 3.63) is 48.3 Å². The van der Waals surface area contributed by atoms with Crippen molar-refractivity contribution in [2.24, 2.45) is 0 Å². The monoisotopic (exact) mass is 507 g/mol. The van der Waals surface area contributed by atoms with Gasteiger partial charge in [0.05, 0.1) is 18.5 Å². The van der Waals surface area contributed by atoms with Crippen LogP contribution < -0.4 is 20.1 Å². The van der Waals surface area contributed by atoms with Crippen molar-refractivity contribution in [1.82, 2.24) is 20.2 Å². The summed E-state index contributed by atoms with van der Waals surface area (Å²) in [5.41, 5.74) is 1.79. The zero-order valence-electron chi connectivity index (χ0n) is 21.9. The molecule has 1 aliphatic rings. The van der Waals surface area contributed by atoms with E-state index in [1.165, 1.54) is 0 Å². The van der Waals surface area contributed by atoms with E-state index in [9.17, 15) is 9.59 Å². The van der Waals surface area contributed by atoms with E-state index in [1.54, 1.807) is 24.4 Å². The van der Waals surface area contributed by atoms with Crippen LogP contribution in [0.2, 0.25) is 0 Å². The molecule has 3 N–H and O–H groups in total. The maximum atomic E-state index is 13.1. The lowest BCUT2D eigenvalue weighted by Crippen LogP contribution is -2.44. The van der Waals surface area contributed by atoms with Gasteiger partial charge in [-0.1, -0.05) is 19.8 Å². The van der Waals surface area contributed by atoms with E-state index in [0.717, 1.165) is 55.4 Å². The molecule has 0 radical (unpaired) electrons. The van der Waals surface area contributed by atoms with E-state index >= 15 is 0 Å². The lowest BCUT2D eigenvalue weighted by Gasteiger charge is -2.28. The Hall–Kier alpha value is -3.59. The highest BCUT2D eigenvalue weighted by atomic mass is 16.5. The standard InChI is InChI=1S/C28H37N5O4/c1-4-6-7-24(32-28(35)25-17-19-16-22(36-5-2)9-10-23(19)31-25)27(34)30-20-8-11-26(29-18-20)37-21-12-14-33(3)15-13-21/h8-11,16-18,21,24,31H,4-7,12-15H2,1-3H3,(H,30,34)(H,32,35). The second kappa shape index (κ2) is 12.6. The zero-order chi connectivity index (χ0) is 26.2. The molecule has 4 rings (SSSR count). The van der Waals surface area contributed by atoms with Crippen LogP contribution in [-0.2, 0) is 4.79 Å². The van der Waals surface area contributed by atoms with Crippen LogP contribution in [0.5, 0.6) is 11.6 Å². The maximum Gasteiger partial charge on any atom is 0.268 e. The van der Waals surface area contributed by atoms with Gasteiger partial charge in [0.25, 0.3) is 5.91 Å². The highest BCUT2D eigenvalue weighted by Crippen LogP contribution is 2.22. The maximum absolute atomic E-state index is 13.1. The minimum Gasteiger partial charge on any atom is -0.494 e. The average Bonchev–Trinajstić information content (AvgIpc) is 3.33. The highest BCUT2D eigenvalue weighted by Gasteiger charge is 2.23. The summed E-state index contributed by atoms with van der Waals surface area (Å²) in [6, 6.07) is 10.3. The molecule has 1 fully saturated rings. The molecule has 0 bridgehead atoms. The Morgan fingerprint density at radius 3 is 2.68 bits per heavy atom. The molecule has 9 nitrogen and oxygen atoms in total. The number of benzene rings is 1. The third-order valence-corrected chi connectivity index (χ3v) is 6.57. The number of hydrogen-bond acceptors (Lipinski definition) is 6. The van der Waals surface area contributed by atoms with E-state index in [0.29, 0.717) is 30.3 Å². The predicted octanol–water partition coefficient (Wildman–Crippen LogP) is 4.36. The fraction of sp³-hybridized carbons (Fsp3) is 0.464. The number of carbonyl (C=O) groups excluding carboxylic acids is 2. The topological polar surface area (TPSA) is 109 Å². The van der Waals surface area contributed by atoms with Gasteiger partial charge in [-0.25, -0.2) is 4.98 Å². The minimum atomic E-state index is -0.673. The van der Waals surface area contributed by atoms with Gasteiger partial charge in [-0.05, 0) is 63.6 Å². The predicted molar refractivity (Wildman–Crippen MR) is 144 cm³/mol. The molecule has 2 amide bonds. The Morgan fingerprint density at radius 1 is 1.16 bits per heavy atom. The molecule has 1 saturated heterocycles. The lowest BCUT2D eigenvalue weighted by molar-refractivity contribution is -0.118. The third kappa shape index (κ3) is 7.22. The van der Waals surface area contributed by atoms with Gasteiger partial charge in [-0.2, -0.15) is 0 Å². The number of aromatic amines is 1. The van der Waals surface area contributed by atoms with E-state index in [1.807, 2.05) is 25.1 Å². The van der Waals surface area contributed by atoms with Gasteiger partial charge in [0.2, 0.25) is 11.8 Å². The Bertz CT molecular complexity index is 1190. The Labute approximate surface area is 217 Å². The third-order valence-electron chi connectivity index (χ3n) is 6.57. The molecule has 1 aliphatic heterocycles. The van der Waals surface area contributed by atoms with Gasteiger partial charge < -0.3 is 30.0 Å². The number of carbonyl (C=O) groups is 2. The number of amides is 2. The first-order chi connectivity index (χ1) is 17.9. The molecule has 2 aromatic heterocycles. The SMILES string of the molecule is CCCCC(NC(=O)c1cc2cc(OCC)ccc2[nH]1)C(=O)Nc1ccc(OC2CCN(C)CC2)nc1. The number of pyridine rings is 1. The number of hydrogen-bond donors (Lipinski definition) is 3. The number of fused-ring (bicyclic) bond motifs is 1. The number of likely N-dealkylation sites (tertiary alicyclic amines) is 1. The molecule has 198 valence electrons. The summed E-state index contributed by atoms with van der Waals surface area (Å²) in [5, 5.41) is 6.66. The van der Waals surface area contributed by atoms with Crippen molar-refractivity contribution in [2.45, 2.75) is 58.1 Å². The smallest absolute Gasteiger partial charge is 0.268 e. The van der Waals surface area contributed by atoms with Crippen molar-refractivity contribution < 1.29 is 19.1 Å². The normalized spacial score (nSPS) is 15.3. The van der Waals surface area contributed by atoms with Crippen molar-refractivity contribution >= 4 is 28.4 Å². The van der Waals surface area contributed by atoms with Crippen LogP contribution in [0.25, 0.3) is 10.9 Å². The number of H-pyrrole nitrogens is 1. The van der Waals surface area contributed by atoms with Crippen LogP contribution in [0.15, 0.2) is 42.6 Å². The number of nitrogens with one attached hydrogen (secondary N) is 3. The largest absolute Gasteiger partial charge is 0.494 e. The number of ether oxygens (including phenoxy) is 2. The van der Waals surface area contributed by atoms with E-state index in [-0.39, 0.29) is 17.9 Å². The first-order valence-electron chi connectivity index (χ1n) is 13.1. The van der Waals surface area contributed by atoms with Crippen molar-refractivity contribution in [1.29, 1.82) is 0 Å². The van der Waals surface area contributed by atoms with Gasteiger partial charge in [-0.3, -0.25) is 9.59 Å². The molecular formula is C28H37N5O4. The molecule has 9 heteroatoms. The summed E-state index contributed by atoms with van der Waals surface area (Å²) in [5.74, 6) is 0.694. The molecule has 3 aromatic rings. The number of rotatable bonds is 11. The minimum absolute atomic E-state index is 0.160. The summed E-state index contributed by atoms with van der Waals surface area (Å²) >= 11 is 0. The molecule has 37 heavy (non-hydrogen) atoms. The van der Waals surface area contributed by atoms with Crippen LogP contribution in [0, 0.1) is 0 Å².